The van der Waals surface area contributed by atoms with E-state index in [4.69, 9.17) is 0 Å². The second-order valence-corrected chi connectivity index (χ2v) is 6.89. The Hall–Kier alpha value is -1.89. The van der Waals surface area contributed by atoms with Crippen LogP contribution in [0.25, 0.3) is 0 Å². The topological polar surface area (TPSA) is 55.8 Å². The first kappa shape index (κ1) is 17.9. The van der Waals surface area contributed by atoms with Crippen molar-refractivity contribution in [2.24, 2.45) is 10.9 Å². The summed E-state index contributed by atoms with van der Waals surface area (Å²) in [4.78, 5) is 13.0. The van der Waals surface area contributed by atoms with E-state index < -0.39 is 0 Å². The number of hydrogen-bond acceptors (Lipinski definition) is 4. The first-order valence-electron chi connectivity index (χ1n) is 9.24. The third-order valence-electron chi connectivity index (χ3n) is 5.17. The number of guanidine groups is 1. The molecule has 25 heavy (non-hydrogen) atoms. The second kappa shape index (κ2) is 8.47. The van der Waals surface area contributed by atoms with E-state index in [2.05, 4.69) is 32.4 Å². The summed E-state index contributed by atoms with van der Waals surface area (Å²) in [5, 5.41) is 6.92. The molecule has 0 aromatic carbocycles. The van der Waals surface area contributed by atoms with Crippen molar-refractivity contribution in [3.05, 3.63) is 24.1 Å². The standard InChI is InChI=1S/C18H29FN6/c1-3-24-9-6-14(12-24)11-22-18(20-2)23-15-7-10-25(13-15)17-16(19)5-4-8-21-17/h4-5,8,14-15H,3,6-7,9-13H2,1-2H3,(H2,20,22,23). The van der Waals surface area contributed by atoms with Crippen molar-refractivity contribution in [3.8, 4) is 0 Å². The summed E-state index contributed by atoms with van der Waals surface area (Å²) in [6, 6.07) is 3.34. The Morgan fingerprint density at radius 3 is 2.96 bits per heavy atom. The van der Waals surface area contributed by atoms with Gasteiger partial charge >= 0.3 is 0 Å². The largest absolute Gasteiger partial charge is 0.356 e. The van der Waals surface area contributed by atoms with Crippen molar-refractivity contribution in [2.75, 3.05) is 51.2 Å². The van der Waals surface area contributed by atoms with Gasteiger partial charge in [-0.3, -0.25) is 4.99 Å². The summed E-state index contributed by atoms with van der Waals surface area (Å²) < 4.78 is 13.9. The zero-order valence-electron chi connectivity index (χ0n) is 15.2. The minimum Gasteiger partial charge on any atom is -0.356 e. The van der Waals surface area contributed by atoms with E-state index in [0.29, 0.717) is 11.7 Å². The predicted octanol–water partition coefficient (Wildman–Crippen LogP) is 1.31. The predicted molar refractivity (Wildman–Crippen MR) is 99.5 cm³/mol. The Morgan fingerprint density at radius 2 is 2.24 bits per heavy atom. The number of hydrogen-bond donors (Lipinski definition) is 2. The highest BCUT2D eigenvalue weighted by Crippen LogP contribution is 2.20. The maximum atomic E-state index is 13.9. The molecule has 7 heteroatoms. The van der Waals surface area contributed by atoms with Gasteiger partial charge in [0, 0.05) is 45.5 Å². The van der Waals surface area contributed by atoms with E-state index >= 15 is 0 Å². The Bertz CT molecular complexity index is 593. The molecule has 1 aromatic heterocycles. The van der Waals surface area contributed by atoms with Crippen LogP contribution in [0.3, 0.4) is 0 Å². The van der Waals surface area contributed by atoms with E-state index in [0.717, 1.165) is 45.1 Å². The Kier molecular flexibility index (Phi) is 6.07. The van der Waals surface area contributed by atoms with Gasteiger partial charge in [0.15, 0.2) is 17.6 Å². The molecule has 2 aliphatic rings. The molecule has 6 nitrogen and oxygen atoms in total. The highest BCUT2D eigenvalue weighted by molar-refractivity contribution is 5.80. The number of likely N-dealkylation sites (tertiary alicyclic amines) is 1. The third-order valence-corrected chi connectivity index (χ3v) is 5.17. The molecule has 0 radical (unpaired) electrons. The van der Waals surface area contributed by atoms with Gasteiger partial charge in [-0.15, -0.1) is 0 Å². The summed E-state index contributed by atoms with van der Waals surface area (Å²) in [5.74, 6) is 1.71. The fraction of sp³-hybridized carbons (Fsp3) is 0.667. The van der Waals surface area contributed by atoms with Gasteiger partial charge < -0.3 is 20.4 Å². The minimum absolute atomic E-state index is 0.253. The molecular formula is C18H29FN6. The molecule has 2 atom stereocenters. The molecule has 3 heterocycles. The second-order valence-electron chi connectivity index (χ2n) is 6.89. The quantitative estimate of drug-likeness (QED) is 0.621. The van der Waals surface area contributed by atoms with Crippen molar-refractivity contribution in [1.29, 1.82) is 0 Å². The molecule has 2 aliphatic heterocycles. The molecule has 0 amide bonds. The van der Waals surface area contributed by atoms with E-state index in [1.807, 2.05) is 4.90 Å². The van der Waals surface area contributed by atoms with Crippen LogP contribution in [0.1, 0.15) is 19.8 Å². The average molecular weight is 348 g/mol. The van der Waals surface area contributed by atoms with Crippen molar-refractivity contribution < 1.29 is 4.39 Å². The SMILES string of the molecule is CCN1CCC(CNC(=NC)NC2CCN(c3ncccc3F)C2)C1. The van der Waals surface area contributed by atoms with Gasteiger partial charge in [-0.2, -0.15) is 0 Å². The fourth-order valence-electron chi connectivity index (χ4n) is 3.68. The van der Waals surface area contributed by atoms with Crippen LogP contribution in [-0.4, -0.2) is 68.2 Å². The molecule has 138 valence electrons. The molecule has 0 aliphatic carbocycles. The number of nitrogens with one attached hydrogen (secondary N) is 2. The summed E-state index contributed by atoms with van der Waals surface area (Å²) >= 11 is 0. The van der Waals surface area contributed by atoms with Gasteiger partial charge in [-0.05, 0) is 44.0 Å². The summed E-state index contributed by atoms with van der Waals surface area (Å²) in [5.41, 5.74) is 0. The summed E-state index contributed by atoms with van der Waals surface area (Å²) in [7, 11) is 1.80. The number of aliphatic imine (C=N–C) groups is 1. The molecule has 2 unspecified atom stereocenters. The number of halogens is 1. The number of nitrogens with zero attached hydrogens (tertiary/aromatic N) is 4. The molecule has 3 rings (SSSR count). The van der Waals surface area contributed by atoms with Crippen molar-refractivity contribution in [3.63, 3.8) is 0 Å². The van der Waals surface area contributed by atoms with Crippen LogP contribution < -0.4 is 15.5 Å². The normalized spacial score (nSPS) is 24.8. The summed E-state index contributed by atoms with van der Waals surface area (Å²) in [6.07, 6.45) is 3.83. The lowest BCUT2D eigenvalue weighted by atomic mass is 10.1. The average Bonchev–Trinajstić information content (AvgIpc) is 3.28. The highest BCUT2D eigenvalue weighted by Gasteiger charge is 2.26. The number of pyridine rings is 1. The van der Waals surface area contributed by atoms with E-state index in [-0.39, 0.29) is 11.9 Å². The number of anilines is 1. The zero-order valence-corrected chi connectivity index (χ0v) is 15.2. The fourth-order valence-corrected chi connectivity index (χ4v) is 3.68. The van der Waals surface area contributed by atoms with Gasteiger partial charge in [-0.1, -0.05) is 6.92 Å². The molecule has 0 spiro atoms. The smallest absolute Gasteiger partial charge is 0.191 e. The molecule has 0 saturated carbocycles. The first-order valence-corrected chi connectivity index (χ1v) is 9.24. The van der Waals surface area contributed by atoms with Crippen molar-refractivity contribution in [1.82, 2.24) is 20.5 Å². The summed E-state index contributed by atoms with van der Waals surface area (Å²) in [6.45, 7) is 8.19. The Balaban J connectivity index is 1.46. The van der Waals surface area contributed by atoms with Gasteiger partial charge in [0.2, 0.25) is 0 Å². The van der Waals surface area contributed by atoms with Crippen LogP contribution in [0.4, 0.5) is 10.2 Å². The molecule has 0 bridgehead atoms. The van der Waals surface area contributed by atoms with Crippen LogP contribution in [0.15, 0.2) is 23.3 Å². The minimum atomic E-state index is -0.257. The Morgan fingerprint density at radius 1 is 1.36 bits per heavy atom. The van der Waals surface area contributed by atoms with E-state index in [9.17, 15) is 4.39 Å². The molecule has 2 N–H and O–H groups in total. The lowest BCUT2D eigenvalue weighted by molar-refractivity contribution is 0.341. The number of rotatable bonds is 5. The van der Waals surface area contributed by atoms with E-state index in [1.165, 1.54) is 19.0 Å². The van der Waals surface area contributed by atoms with Gasteiger partial charge in [0.25, 0.3) is 0 Å². The van der Waals surface area contributed by atoms with Crippen LogP contribution in [-0.2, 0) is 0 Å². The van der Waals surface area contributed by atoms with Crippen LogP contribution >= 0.6 is 0 Å². The van der Waals surface area contributed by atoms with Gasteiger partial charge in [0.1, 0.15) is 0 Å². The molecular weight excluding hydrogens is 319 g/mol. The van der Waals surface area contributed by atoms with Crippen molar-refractivity contribution in [2.45, 2.75) is 25.8 Å². The Labute approximate surface area is 149 Å². The van der Waals surface area contributed by atoms with Crippen LogP contribution in [0, 0.1) is 11.7 Å². The molecule has 2 fully saturated rings. The molecule has 1 aromatic rings. The van der Waals surface area contributed by atoms with Gasteiger partial charge in [0.05, 0.1) is 0 Å². The van der Waals surface area contributed by atoms with Crippen LogP contribution in [0.2, 0.25) is 0 Å². The number of aromatic nitrogens is 1. The maximum absolute atomic E-state index is 13.9. The van der Waals surface area contributed by atoms with Crippen molar-refractivity contribution >= 4 is 11.8 Å². The van der Waals surface area contributed by atoms with Gasteiger partial charge in [-0.25, -0.2) is 9.37 Å². The van der Waals surface area contributed by atoms with Crippen LogP contribution in [0.5, 0.6) is 0 Å². The first-order chi connectivity index (χ1) is 12.2. The monoisotopic (exact) mass is 348 g/mol. The highest BCUT2D eigenvalue weighted by atomic mass is 19.1. The zero-order chi connectivity index (χ0) is 17.6. The van der Waals surface area contributed by atoms with E-state index in [1.54, 1.807) is 19.3 Å². The lowest BCUT2D eigenvalue weighted by Gasteiger charge is -2.21. The molecule has 2 saturated heterocycles. The lowest BCUT2D eigenvalue weighted by Crippen LogP contribution is -2.46. The third kappa shape index (κ3) is 4.60. The maximum Gasteiger partial charge on any atom is 0.191 e.